The van der Waals surface area contributed by atoms with Crippen LogP contribution in [0.1, 0.15) is 111 Å². The number of hydrogen-bond acceptors (Lipinski definition) is 10. The summed E-state index contributed by atoms with van der Waals surface area (Å²) in [7, 11) is 1.00. The van der Waals surface area contributed by atoms with Crippen molar-refractivity contribution < 1.29 is 48.5 Å². The molecule has 278 valence electrons. The van der Waals surface area contributed by atoms with Gasteiger partial charge in [0.25, 0.3) is 0 Å². The van der Waals surface area contributed by atoms with Crippen molar-refractivity contribution in [1.29, 1.82) is 0 Å². The van der Waals surface area contributed by atoms with Crippen molar-refractivity contribution in [3.05, 3.63) is 24.3 Å². The van der Waals surface area contributed by atoms with E-state index < -0.39 is 6.10 Å². The molecule has 0 radical (unpaired) electrons. The van der Waals surface area contributed by atoms with E-state index in [2.05, 4.69) is 20.1 Å². The second-order valence-corrected chi connectivity index (χ2v) is 14.6. The minimum absolute atomic E-state index is 0.0398. The van der Waals surface area contributed by atoms with Crippen molar-refractivity contribution in [2.75, 3.05) is 33.5 Å². The second-order valence-electron chi connectivity index (χ2n) is 14.6. The van der Waals surface area contributed by atoms with Crippen LogP contribution in [0.3, 0.4) is 0 Å². The molecule has 3 N–H and O–H groups in total. The lowest BCUT2D eigenvalue weighted by atomic mass is 9.88. The zero-order chi connectivity index (χ0) is 35.1. The molecule has 6 aliphatic heterocycles. The number of carbonyl (C=O) groups excluding carboxylic acids is 1. The molecule has 0 amide bonds. The van der Waals surface area contributed by atoms with E-state index in [1.54, 1.807) is 13.8 Å². The number of fused-ring (bicyclic) bond motifs is 1. The van der Waals surface area contributed by atoms with Crippen LogP contribution in [0.4, 0.5) is 0 Å². The summed E-state index contributed by atoms with van der Waals surface area (Å²) in [6.07, 6.45) is 12.3. The third-order valence-electron chi connectivity index (χ3n) is 9.89. The van der Waals surface area contributed by atoms with Gasteiger partial charge in [-0.15, -0.1) is 0 Å². The summed E-state index contributed by atoms with van der Waals surface area (Å²) in [5, 5.41) is 25.9. The maximum atomic E-state index is 12.5. The van der Waals surface area contributed by atoms with Crippen molar-refractivity contribution in [3.63, 3.8) is 0 Å². The topological polar surface area (TPSA) is 133 Å². The van der Waals surface area contributed by atoms with E-state index in [-0.39, 0.29) is 48.5 Å². The predicted molar refractivity (Wildman–Crippen MR) is 185 cm³/mol. The van der Waals surface area contributed by atoms with Crippen molar-refractivity contribution in [3.8, 4) is 0 Å². The van der Waals surface area contributed by atoms with Crippen LogP contribution in [0.5, 0.6) is 0 Å². The molecule has 0 aromatic carbocycles. The number of aliphatic hydroxyl groups is 3. The molecular weight excluding hydrogens is 616 g/mol. The highest BCUT2D eigenvalue weighted by molar-refractivity contribution is 5.79. The summed E-state index contributed by atoms with van der Waals surface area (Å²) in [5.74, 6) is 0.606. The first-order valence-corrected chi connectivity index (χ1v) is 18.5. The molecule has 6 heterocycles. The standard InChI is InChI=1S/C26H40O7.C8H14O.C3H8O.CH4O/c1-16-10-20(30-14-16)3-2-19-4-6-23(31-19)25-13-22(28)26-24(33-25)7-5-21(32-26)12-18(27)11-17-8-9-29-15-17;1-3-8-5-4-7(2)6-9-8;1-3(2)4;1-2/h17,19-26,28H,1-15H2;8H,2-6H2,1H3;3-4H,1-2H3;2H,1H3/t17?,19?,20?,21?,22?,23?,24?,25?,26-;8-;;/m10../s1. The van der Waals surface area contributed by atoms with Crippen molar-refractivity contribution in [2.45, 2.75) is 172 Å². The summed E-state index contributed by atoms with van der Waals surface area (Å²) in [6, 6.07) is 0. The Morgan fingerprint density at radius 3 is 2.10 bits per heavy atom. The van der Waals surface area contributed by atoms with Crippen molar-refractivity contribution in [2.24, 2.45) is 5.92 Å². The minimum Gasteiger partial charge on any atom is -0.400 e. The molecule has 6 aliphatic rings. The fraction of sp³-hybridized carbons (Fsp3) is 0.868. The first kappa shape index (κ1) is 41.2. The van der Waals surface area contributed by atoms with Crippen molar-refractivity contribution in [1.82, 2.24) is 0 Å². The number of carbonyl (C=O) groups is 1. The molecule has 0 aromatic heterocycles. The van der Waals surface area contributed by atoms with Crippen LogP contribution in [-0.4, -0.2) is 116 Å². The van der Waals surface area contributed by atoms with Crippen LogP contribution in [-0.2, 0) is 33.2 Å². The molecule has 8 unspecified atom stereocenters. The van der Waals surface area contributed by atoms with Gasteiger partial charge in [-0.2, -0.15) is 0 Å². The Kier molecular flexibility index (Phi) is 18.8. The third-order valence-corrected chi connectivity index (χ3v) is 9.89. The van der Waals surface area contributed by atoms with Crippen molar-refractivity contribution >= 4 is 5.78 Å². The molecule has 10 atom stereocenters. The Morgan fingerprint density at radius 2 is 1.48 bits per heavy atom. The largest absolute Gasteiger partial charge is 0.400 e. The van der Waals surface area contributed by atoms with Gasteiger partial charge < -0.3 is 43.7 Å². The van der Waals surface area contributed by atoms with E-state index in [0.717, 1.165) is 78.1 Å². The van der Waals surface area contributed by atoms with E-state index in [9.17, 15) is 9.90 Å². The van der Waals surface area contributed by atoms with Gasteiger partial charge in [0, 0.05) is 45.7 Å². The molecule has 48 heavy (non-hydrogen) atoms. The first-order chi connectivity index (χ1) is 23.1. The van der Waals surface area contributed by atoms with E-state index in [1.807, 2.05) is 0 Å². The Hall–Kier alpha value is -1.21. The molecule has 6 rings (SSSR count). The summed E-state index contributed by atoms with van der Waals surface area (Å²) in [5.41, 5.74) is 2.44. The molecule has 10 heteroatoms. The molecule has 6 fully saturated rings. The zero-order valence-electron chi connectivity index (χ0n) is 30.2. The predicted octanol–water partition coefficient (Wildman–Crippen LogP) is 5.24. The van der Waals surface area contributed by atoms with E-state index >= 15 is 0 Å². The van der Waals surface area contributed by atoms with Gasteiger partial charge >= 0.3 is 0 Å². The van der Waals surface area contributed by atoms with Gasteiger partial charge in [-0.25, -0.2) is 0 Å². The highest BCUT2D eigenvalue weighted by Gasteiger charge is 2.46. The highest BCUT2D eigenvalue weighted by Crippen LogP contribution is 2.38. The fourth-order valence-corrected chi connectivity index (χ4v) is 7.35. The average molecular weight is 683 g/mol. The Bertz CT molecular complexity index is 937. The van der Waals surface area contributed by atoms with Crippen LogP contribution in [0.2, 0.25) is 0 Å². The maximum Gasteiger partial charge on any atom is 0.135 e. The molecule has 0 aromatic rings. The molecule has 10 nitrogen and oxygen atoms in total. The third kappa shape index (κ3) is 14.2. The van der Waals surface area contributed by atoms with Gasteiger partial charge in [0.1, 0.15) is 11.9 Å². The summed E-state index contributed by atoms with van der Waals surface area (Å²) in [6.45, 7) is 16.4. The maximum absolute atomic E-state index is 12.5. The quantitative estimate of drug-likeness (QED) is 0.278. The fourth-order valence-electron chi connectivity index (χ4n) is 7.35. The van der Waals surface area contributed by atoms with Crippen LogP contribution >= 0.6 is 0 Å². The van der Waals surface area contributed by atoms with Gasteiger partial charge in [-0.3, -0.25) is 4.79 Å². The minimum atomic E-state index is -0.574. The number of Topliss-reactive ketones (excluding diaryl/α,β-unsaturated/α-hetero) is 1. The molecular formula is C38H66O10. The number of rotatable bonds is 9. The van der Waals surface area contributed by atoms with Gasteiger partial charge in [-0.1, -0.05) is 25.7 Å². The molecule has 6 saturated heterocycles. The normalized spacial score (nSPS) is 36.2. The average Bonchev–Trinajstić information content (AvgIpc) is 3.85. The van der Waals surface area contributed by atoms with E-state index in [1.165, 1.54) is 24.0 Å². The summed E-state index contributed by atoms with van der Waals surface area (Å²) >= 11 is 0. The lowest BCUT2D eigenvalue weighted by Crippen LogP contribution is -2.56. The van der Waals surface area contributed by atoms with Crippen LogP contribution in [0, 0.1) is 5.92 Å². The molecule has 0 spiro atoms. The smallest absolute Gasteiger partial charge is 0.135 e. The Labute approximate surface area is 289 Å². The highest BCUT2D eigenvalue weighted by atomic mass is 16.6. The Morgan fingerprint density at radius 1 is 0.812 bits per heavy atom. The van der Waals surface area contributed by atoms with Gasteiger partial charge in [0.2, 0.25) is 0 Å². The van der Waals surface area contributed by atoms with Gasteiger partial charge in [0.05, 0.1) is 62.0 Å². The SMILES string of the molecule is C=C1CC[C@H](CC)OC1.C=C1COC(CCC2CCC(C3CC(O)[C@H]4OC(CC(=O)CC5CCOC5)CCC4O3)O2)C1.CC(C)O.CO. The first-order valence-electron chi connectivity index (χ1n) is 18.5. The van der Waals surface area contributed by atoms with Gasteiger partial charge in [-0.05, 0) is 96.0 Å². The number of ketones is 1. The van der Waals surface area contributed by atoms with Crippen LogP contribution < -0.4 is 0 Å². The lowest BCUT2D eigenvalue weighted by molar-refractivity contribution is -0.243. The number of ether oxygens (including phenoxy) is 6. The summed E-state index contributed by atoms with van der Waals surface area (Å²) in [4.78, 5) is 12.5. The molecule has 0 bridgehead atoms. The monoisotopic (exact) mass is 682 g/mol. The van der Waals surface area contributed by atoms with E-state index in [0.29, 0.717) is 50.6 Å². The number of hydrogen-bond donors (Lipinski definition) is 3. The molecule has 0 aliphatic carbocycles. The van der Waals surface area contributed by atoms with Crippen LogP contribution in [0.15, 0.2) is 24.3 Å². The van der Waals surface area contributed by atoms with E-state index in [4.69, 9.17) is 38.6 Å². The Balaban J connectivity index is 0.000000348. The molecule has 0 saturated carbocycles. The van der Waals surface area contributed by atoms with Gasteiger partial charge in [0.15, 0.2) is 0 Å². The zero-order valence-corrected chi connectivity index (χ0v) is 30.2. The van der Waals surface area contributed by atoms with Crippen LogP contribution in [0.25, 0.3) is 0 Å². The summed E-state index contributed by atoms with van der Waals surface area (Å²) < 4.78 is 35.5. The lowest BCUT2D eigenvalue weighted by Gasteiger charge is -2.45. The second kappa shape index (κ2) is 21.9. The number of aliphatic hydroxyl groups excluding tert-OH is 3.